The Kier molecular flexibility index (Phi) is 3.21. The van der Waals surface area contributed by atoms with Crippen LogP contribution in [0.5, 0.6) is 0 Å². The molecule has 0 atom stereocenters. The quantitative estimate of drug-likeness (QED) is 0.489. The van der Waals surface area contributed by atoms with E-state index >= 15 is 0 Å². The Hall–Kier alpha value is -0.430. The third-order valence-electron chi connectivity index (χ3n) is 1.55. The summed E-state index contributed by atoms with van der Waals surface area (Å²) in [4.78, 5) is 0. The van der Waals surface area contributed by atoms with Gasteiger partial charge in [0.1, 0.15) is 3.70 Å². The molecule has 0 aliphatic heterocycles. The fourth-order valence-corrected chi connectivity index (χ4v) is 1.38. The molecule has 0 radical (unpaired) electrons. The Balaban J connectivity index is 3.12. The number of hydrazine groups is 1. The molecule has 0 spiro atoms. The predicted molar refractivity (Wildman–Crippen MR) is 56.6 cm³/mol. The van der Waals surface area contributed by atoms with Crippen molar-refractivity contribution < 1.29 is 0 Å². The summed E-state index contributed by atoms with van der Waals surface area (Å²) in [5, 5.41) is 7.81. The van der Waals surface area contributed by atoms with Crippen molar-refractivity contribution in [3.05, 3.63) is 15.3 Å². The molecule has 0 saturated heterocycles. The molecule has 4 nitrogen and oxygen atoms in total. The van der Waals surface area contributed by atoms with Crippen LogP contribution in [-0.4, -0.2) is 10.2 Å². The average molecular weight is 278 g/mol. The summed E-state index contributed by atoms with van der Waals surface area (Å²) in [5.41, 5.74) is 3.62. The standard InChI is InChI=1S/C7H11IN4/c1-4(2)5-3-6(8)11-12-7(5)10-9/h3-4H,9H2,1-2H3,(H,10,12). The summed E-state index contributed by atoms with van der Waals surface area (Å²) in [6, 6.07) is 1.98. The van der Waals surface area contributed by atoms with Crippen LogP contribution in [0.4, 0.5) is 5.82 Å². The van der Waals surface area contributed by atoms with Gasteiger partial charge < -0.3 is 5.43 Å². The van der Waals surface area contributed by atoms with Crippen LogP contribution >= 0.6 is 22.6 Å². The second kappa shape index (κ2) is 3.99. The smallest absolute Gasteiger partial charge is 0.166 e. The molecule has 0 fully saturated rings. The number of nitrogens with one attached hydrogen (secondary N) is 1. The lowest BCUT2D eigenvalue weighted by atomic mass is 10.1. The van der Waals surface area contributed by atoms with Crippen molar-refractivity contribution in [3.8, 4) is 0 Å². The monoisotopic (exact) mass is 278 g/mol. The Labute approximate surface area is 85.1 Å². The molecular weight excluding hydrogens is 267 g/mol. The van der Waals surface area contributed by atoms with E-state index in [0.717, 1.165) is 9.26 Å². The molecule has 0 saturated carbocycles. The lowest BCUT2D eigenvalue weighted by Crippen LogP contribution is -2.13. The molecule has 0 aliphatic rings. The summed E-state index contributed by atoms with van der Waals surface area (Å²) in [5.74, 6) is 6.34. The Bertz CT molecular complexity index is 274. The van der Waals surface area contributed by atoms with Gasteiger partial charge >= 0.3 is 0 Å². The topological polar surface area (TPSA) is 63.8 Å². The number of aromatic nitrogens is 2. The largest absolute Gasteiger partial charge is 0.307 e. The van der Waals surface area contributed by atoms with Gasteiger partial charge in [-0.3, -0.25) is 0 Å². The van der Waals surface area contributed by atoms with E-state index in [-0.39, 0.29) is 0 Å². The van der Waals surface area contributed by atoms with Crippen LogP contribution < -0.4 is 11.3 Å². The highest BCUT2D eigenvalue weighted by atomic mass is 127. The van der Waals surface area contributed by atoms with Crippen molar-refractivity contribution in [1.82, 2.24) is 10.2 Å². The maximum atomic E-state index is 5.28. The molecule has 0 unspecified atom stereocenters. The fraction of sp³-hybridized carbons (Fsp3) is 0.429. The van der Waals surface area contributed by atoms with Crippen molar-refractivity contribution in [1.29, 1.82) is 0 Å². The highest BCUT2D eigenvalue weighted by Gasteiger charge is 2.07. The molecule has 1 aromatic rings. The van der Waals surface area contributed by atoms with Crippen LogP contribution in [0.2, 0.25) is 0 Å². The molecule has 1 rings (SSSR count). The van der Waals surface area contributed by atoms with Crippen molar-refractivity contribution in [2.75, 3.05) is 5.43 Å². The third-order valence-corrected chi connectivity index (χ3v) is 2.08. The zero-order valence-electron chi connectivity index (χ0n) is 7.00. The number of anilines is 1. The third kappa shape index (κ3) is 2.04. The zero-order valence-corrected chi connectivity index (χ0v) is 9.16. The zero-order chi connectivity index (χ0) is 9.14. The predicted octanol–water partition coefficient (Wildman–Crippen LogP) is 1.49. The molecule has 66 valence electrons. The molecule has 12 heavy (non-hydrogen) atoms. The molecule has 0 aromatic carbocycles. The van der Waals surface area contributed by atoms with E-state index < -0.39 is 0 Å². The number of halogens is 1. The van der Waals surface area contributed by atoms with Gasteiger partial charge in [0.05, 0.1) is 0 Å². The summed E-state index contributed by atoms with van der Waals surface area (Å²) >= 11 is 2.13. The van der Waals surface area contributed by atoms with Gasteiger partial charge in [-0.15, -0.1) is 10.2 Å². The maximum Gasteiger partial charge on any atom is 0.166 e. The van der Waals surface area contributed by atoms with Crippen LogP contribution in [0.25, 0.3) is 0 Å². The minimum absolute atomic E-state index is 0.403. The van der Waals surface area contributed by atoms with Gasteiger partial charge in [-0.1, -0.05) is 13.8 Å². The van der Waals surface area contributed by atoms with Crippen LogP contribution in [0, 0.1) is 3.70 Å². The minimum atomic E-state index is 0.403. The van der Waals surface area contributed by atoms with E-state index in [2.05, 4.69) is 52.1 Å². The summed E-state index contributed by atoms with van der Waals surface area (Å²) in [6.45, 7) is 4.18. The van der Waals surface area contributed by atoms with E-state index in [1.165, 1.54) is 0 Å². The first-order chi connectivity index (χ1) is 5.65. The van der Waals surface area contributed by atoms with Gasteiger partial charge in [0, 0.05) is 5.56 Å². The number of nitrogens with two attached hydrogens (primary N) is 1. The van der Waals surface area contributed by atoms with Crippen LogP contribution in [0.15, 0.2) is 6.07 Å². The van der Waals surface area contributed by atoms with Gasteiger partial charge in [0.25, 0.3) is 0 Å². The highest BCUT2D eigenvalue weighted by molar-refractivity contribution is 14.1. The summed E-state index contributed by atoms with van der Waals surface area (Å²) in [6.07, 6.45) is 0. The van der Waals surface area contributed by atoms with Gasteiger partial charge in [0.2, 0.25) is 0 Å². The summed E-state index contributed by atoms with van der Waals surface area (Å²) in [7, 11) is 0. The lowest BCUT2D eigenvalue weighted by Gasteiger charge is -2.09. The van der Waals surface area contributed by atoms with Gasteiger partial charge in [-0.2, -0.15) is 0 Å². The molecule has 0 bridgehead atoms. The highest BCUT2D eigenvalue weighted by Crippen LogP contribution is 2.21. The van der Waals surface area contributed by atoms with E-state index in [0.29, 0.717) is 11.7 Å². The van der Waals surface area contributed by atoms with Crippen LogP contribution in [-0.2, 0) is 0 Å². The Morgan fingerprint density at radius 3 is 2.67 bits per heavy atom. The molecule has 3 N–H and O–H groups in total. The van der Waals surface area contributed by atoms with Crippen molar-refractivity contribution >= 4 is 28.4 Å². The molecular formula is C7H11IN4. The first kappa shape index (κ1) is 9.66. The second-order valence-electron chi connectivity index (χ2n) is 2.77. The number of hydrogen-bond acceptors (Lipinski definition) is 4. The van der Waals surface area contributed by atoms with Gasteiger partial charge in [0.15, 0.2) is 5.82 Å². The van der Waals surface area contributed by atoms with Gasteiger partial charge in [-0.05, 0) is 34.6 Å². The van der Waals surface area contributed by atoms with E-state index in [4.69, 9.17) is 5.84 Å². The molecule has 0 amide bonds. The molecule has 0 aliphatic carbocycles. The van der Waals surface area contributed by atoms with E-state index in [9.17, 15) is 0 Å². The number of hydrogen-bond donors (Lipinski definition) is 2. The van der Waals surface area contributed by atoms with E-state index in [1.807, 2.05) is 6.07 Å². The number of rotatable bonds is 2. The normalized spacial score (nSPS) is 10.4. The number of nitrogen functional groups attached to an aromatic ring is 1. The van der Waals surface area contributed by atoms with Crippen LogP contribution in [0.3, 0.4) is 0 Å². The molecule has 1 aromatic heterocycles. The van der Waals surface area contributed by atoms with Crippen molar-refractivity contribution in [2.45, 2.75) is 19.8 Å². The van der Waals surface area contributed by atoms with Crippen molar-refractivity contribution in [3.63, 3.8) is 0 Å². The second-order valence-corrected chi connectivity index (χ2v) is 3.88. The minimum Gasteiger partial charge on any atom is -0.307 e. The van der Waals surface area contributed by atoms with Gasteiger partial charge in [-0.25, -0.2) is 5.84 Å². The fourth-order valence-electron chi connectivity index (χ4n) is 0.933. The first-order valence-electron chi connectivity index (χ1n) is 3.65. The van der Waals surface area contributed by atoms with Crippen molar-refractivity contribution in [2.24, 2.45) is 5.84 Å². The lowest BCUT2D eigenvalue weighted by molar-refractivity contribution is 0.836. The SMILES string of the molecule is CC(C)c1cc(I)nnc1NN. The van der Waals surface area contributed by atoms with E-state index in [1.54, 1.807) is 0 Å². The number of nitrogens with zero attached hydrogens (tertiary/aromatic N) is 2. The Morgan fingerprint density at radius 2 is 2.17 bits per heavy atom. The molecule has 5 heteroatoms. The summed E-state index contributed by atoms with van der Waals surface area (Å²) < 4.78 is 0.885. The first-order valence-corrected chi connectivity index (χ1v) is 4.72. The van der Waals surface area contributed by atoms with Crippen LogP contribution in [0.1, 0.15) is 25.3 Å². The Morgan fingerprint density at radius 1 is 1.50 bits per heavy atom. The molecule has 1 heterocycles. The average Bonchev–Trinajstić information content (AvgIpc) is 2.04. The maximum absolute atomic E-state index is 5.28.